The predicted molar refractivity (Wildman–Crippen MR) is 98.9 cm³/mol. The van der Waals surface area contributed by atoms with E-state index in [1.54, 1.807) is 12.1 Å². The van der Waals surface area contributed by atoms with Gasteiger partial charge in [0.2, 0.25) is 5.91 Å². The Balaban J connectivity index is 1.65. The van der Waals surface area contributed by atoms with E-state index >= 15 is 0 Å². The molecule has 0 atom stereocenters. The molecule has 0 unspecified atom stereocenters. The summed E-state index contributed by atoms with van der Waals surface area (Å²) in [5.74, 6) is -0.0569. The van der Waals surface area contributed by atoms with Crippen LogP contribution < -0.4 is 11.0 Å². The normalized spacial score (nSPS) is 14.3. The maximum absolute atomic E-state index is 12.9. The van der Waals surface area contributed by atoms with Gasteiger partial charge in [-0.15, -0.1) is 0 Å². The molecule has 29 heavy (non-hydrogen) atoms. The number of hydrogen-bond acceptors (Lipinski definition) is 4. The Morgan fingerprint density at radius 3 is 2.59 bits per heavy atom. The summed E-state index contributed by atoms with van der Waals surface area (Å²) < 4.78 is 39.9. The summed E-state index contributed by atoms with van der Waals surface area (Å²) >= 11 is 0. The van der Waals surface area contributed by atoms with Gasteiger partial charge >= 0.3 is 6.18 Å². The fourth-order valence-corrected chi connectivity index (χ4v) is 3.10. The summed E-state index contributed by atoms with van der Waals surface area (Å²) in [5, 5.41) is 3.96. The van der Waals surface area contributed by atoms with Crippen LogP contribution in [0.3, 0.4) is 0 Å². The molecule has 4 rings (SSSR count). The van der Waals surface area contributed by atoms with Crippen molar-refractivity contribution in [3.8, 4) is 0 Å². The Morgan fingerprint density at radius 2 is 1.93 bits per heavy atom. The Labute approximate surface area is 163 Å². The molecule has 3 aromatic rings. The number of halogens is 3. The van der Waals surface area contributed by atoms with Gasteiger partial charge in [0.05, 0.1) is 25.6 Å². The van der Waals surface area contributed by atoms with Crippen molar-refractivity contribution in [2.45, 2.75) is 44.3 Å². The van der Waals surface area contributed by atoms with Crippen molar-refractivity contribution in [1.29, 1.82) is 0 Å². The third kappa shape index (κ3) is 4.30. The largest absolute Gasteiger partial charge is 0.390 e. The number of hydrogen-bond donors (Lipinski definition) is 1. The number of fused-ring (bicyclic) bond motifs is 1. The second-order valence-electron chi connectivity index (χ2n) is 7.05. The molecule has 0 bridgehead atoms. The standard InChI is InChI=1S/C19H18F3N5O2/c20-19(21,22)8-9-26-17-14(11-23-26)18(29)27(16(24-17)13-6-7-13)25-15(28)10-12-4-2-1-3-5-12/h1-5,11,13H,6-10H2,(H,25,28). The smallest absolute Gasteiger partial charge is 0.273 e. The first kappa shape index (κ1) is 19.2. The first-order valence-corrected chi connectivity index (χ1v) is 9.21. The molecule has 1 aliphatic carbocycles. The molecule has 0 aliphatic heterocycles. The van der Waals surface area contributed by atoms with Crippen molar-refractivity contribution in [3.63, 3.8) is 0 Å². The number of carbonyl (C=O) groups excluding carboxylic acids is 1. The molecule has 1 N–H and O–H groups in total. The second kappa shape index (κ2) is 7.34. The maximum Gasteiger partial charge on any atom is 0.390 e. The van der Waals surface area contributed by atoms with Crippen molar-refractivity contribution in [1.82, 2.24) is 19.4 Å². The van der Waals surface area contributed by atoms with Crippen LogP contribution in [-0.2, 0) is 17.8 Å². The molecular formula is C19H18F3N5O2. The lowest BCUT2D eigenvalue weighted by molar-refractivity contribution is -0.137. The van der Waals surface area contributed by atoms with Gasteiger partial charge < -0.3 is 0 Å². The van der Waals surface area contributed by atoms with Crippen molar-refractivity contribution in [3.05, 3.63) is 58.3 Å². The number of amides is 1. The number of carbonyl (C=O) groups is 1. The minimum Gasteiger partial charge on any atom is -0.273 e. The summed E-state index contributed by atoms with van der Waals surface area (Å²) in [6, 6.07) is 9.07. The summed E-state index contributed by atoms with van der Waals surface area (Å²) in [5.41, 5.74) is 2.95. The topological polar surface area (TPSA) is 81.8 Å². The molecule has 10 heteroatoms. The molecule has 2 aromatic heterocycles. The third-order valence-corrected chi connectivity index (χ3v) is 4.69. The van der Waals surface area contributed by atoms with Crippen molar-refractivity contribution < 1.29 is 18.0 Å². The number of nitrogens with zero attached hydrogens (tertiary/aromatic N) is 4. The van der Waals surface area contributed by atoms with Crippen LogP contribution in [0.4, 0.5) is 13.2 Å². The summed E-state index contributed by atoms with van der Waals surface area (Å²) in [4.78, 5) is 29.8. The average molecular weight is 405 g/mol. The average Bonchev–Trinajstić information content (AvgIpc) is 3.42. The lowest BCUT2D eigenvalue weighted by Gasteiger charge is -2.14. The molecule has 0 saturated heterocycles. The SMILES string of the molecule is O=C(Cc1ccccc1)Nn1c(C2CC2)nc2c(cnn2CCC(F)(F)F)c1=O. The third-order valence-electron chi connectivity index (χ3n) is 4.69. The maximum atomic E-state index is 12.9. The van der Waals surface area contributed by atoms with Crippen LogP contribution in [0.15, 0.2) is 41.3 Å². The van der Waals surface area contributed by atoms with Gasteiger partial charge in [-0.3, -0.25) is 15.0 Å². The lowest BCUT2D eigenvalue weighted by Crippen LogP contribution is -2.37. The van der Waals surface area contributed by atoms with Gasteiger partial charge in [0.25, 0.3) is 5.56 Å². The Kier molecular flexibility index (Phi) is 4.85. The van der Waals surface area contributed by atoms with E-state index in [9.17, 15) is 22.8 Å². The summed E-state index contributed by atoms with van der Waals surface area (Å²) in [7, 11) is 0. The molecule has 1 aliphatic rings. The Bertz CT molecular complexity index is 1100. The summed E-state index contributed by atoms with van der Waals surface area (Å²) in [6.45, 7) is -0.423. The van der Waals surface area contributed by atoms with Crippen LogP contribution in [0.5, 0.6) is 0 Å². The van der Waals surface area contributed by atoms with Gasteiger partial charge in [-0.1, -0.05) is 30.3 Å². The van der Waals surface area contributed by atoms with Crippen LogP contribution in [-0.4, -0.2) is 31.5 Å². The van der Waals surface area contributed by atoms with E-state index in [0.717, 1.165) is 27.8 Å². The van der Waals surface area contributed by atoms with Gasteiger partial charge in [-0.2, -0.15) is 18.3 Å². The van der Waals surface area contributed by atoms with E-state index in [-0.39, 0.29) is 29.3 Å². The number of aryl methyl sites for hydroxylation is 1. The number of benzene rings is 1. The highest BCUT2D eigenvalue weighted by atomic mass is 19.4. The highest BCUT2D eigenvalue weighted by molar-refractivity contribution is 5.86. The summed E-state index contributed by atoms with van der Waals surface area (Å²) in [6.07, 6.45) is -2.54. The first-order valence-electron chi connectivity index (χ1n) is 9.21. The minimum atomic E-state index is -4.34. The predicted octanol–water partition coefficient (Wildman–Crippen LogP) is 2.74. The molecule has 152 valence electrons. The van der Waals surface area contributed by atoms with E-state index in [1.165, 1.54) is 6.20 Å². The monoisotopic (exact) mass is 405 g/mol. The number of rotatable bonds is 6. The molecule has 2 heterocycles. The van der Waals surface area contributed by atoms with Crippen molar-refractivity contribution >= 4 is 16.9 Å². The van der Waals surface area contributed by atoms with Crippen LogP contribution in [0.1, 0.15) is 36.6 Å². The number of alkyl halides is 3. The molecule has 1 amide bonds. The van der Waals surface area contributed by atoms with Crippen molar-refractivity contribution in [2.75, 3.05) is 5.43 Å². The number of aromatic nitrogens is 4. The Morgan fingerprint density at radius 1 is 1.21 bits per heavy atom. The molecule has 0 spiro atoms. The van der Waals surface area contributed by atoms with E-state index < -0.39 is 24.7 Å². The van der Waals surface area contributed by atoms with Gasteiger partial charge in [0.1, 0.15) is 11.2 Å². The molecule has 1 saturated carbocycles. The van der Waals surface area contributed by atoms with Crippen LogP contribution in [0.2, 0.25) is 0 Å². The second-order valence-corrected chi connectivity index (χ2v) is 7.05. The molecule has 0 radical (unpaired) electrons. The zero-order valence-electron chi connectivity index (χ0n) is 15.3. The Hall–Kier alpha value is -3.17. The first-order chi connectivity index (χ1) is 13.8. The fraction of sp³-hybridized carbons (Fsp3) is 0.368. The van der Waals surface area contributed by atoms with Crippen LogP contribution >= 0.6 is 0 Å². The van der Waals surface area contributed by atoms with E-state index in [4.69, 9.17) is 0 Å². The quantitative estimate of drug-likeness (QED) is 0.684. The molecule has 1 aromatic carbocycles. The minimum absolute atomic E-state index is 0.0184. The van der Waals surface area contributed by atoms with Crippen LogP contribution in [0, 0.1) is 0 Å². The molecule has 7 nitrogen and oxygen atoms in total. The van der Waals surface area contributed by atoms with Crippen molar-refractivity contribution in [2.24, 2.45) is 0 Å². The van der Waals surface area contributed by atoms with Crippen LogP contribution in [0.25, 0.3) is 11.0 Å². The number of nitrogens with one attached hydrogen (secondary N) is 1. The lowest BCUT2D eigenvalue weighted by atomic mass is 10.1. The van der Waals surface area contributed by atoms with Gasteiger partial charge in [0.15, 0.2) is 5.65 Å². The van der Waals surface area contributed by atoms with E-state index in [1.807, 2.05) is 18.2 Å². The van der Waals surface area contributed by atoms with E-state index in [2.05, 4.69) is 15.5 Å². The van der Waals surface area contributed by atoms with Gasteiger partial charge in [0, 0.05) is 5.92 Å². The fourth-order valence-electron chi connectivity index (χ4n) is 3.10. The zero-order valence-corrected chi connectivity index (χ0v) is 15.3. The highest BCUT2D eigenvalue weighted by Gasteiger charge is 2.32. The van der Waals surface area contributed by atoms with Gasteiger partial charge in [-0.05, 0) is 18.4 Å². The van der Waals surface area contributed by atoms with Gasteiger partial charge in [-0.25, -0.2) is 14.3 Å². The molecular weight excluding hydrogens is 387 g/mol. The van der Waals surface area contributed by atoms with E-state index in [0.29, 0.717) is 5.82 Å². The molecule has 1 fully saturated rings. The highest BCUT2D eigenvalue weighted by Crippen LogP contribution is 2.38. The zero-order chi connectivity index (χ0) is 20.6.